The molecule has 0 saturated carbocycles. The molecular formula is C20H22N2O3. The number of nitrogens with one attached hydrogen (secondary N) is 1. The van der Waals surface area contributed by atoms with Crippen molar-refractivity contribution in [1.29, 1.82) is 0 Å². The van der Waals surface area contributed by atoms with Gasteiger partial charge in [-0.3, -0.25) is 9.59 Å². The lowest BCUT2D eigenvalue weighted by molar-refractivity contribution is -0.122. The van der Waals surface area contributed by atoms with E-state index in [0.717, 1.165) is 11.3 Å². The highest BCUT2D eigenvalue weighted by atomic mass is 16.5. The molecule has 1 aliphatic rings. The van der Waals surface area contributed by atoms with E-state index in [1.54, 1.807) is 11.0 Å². The predicted octanol–water partition coefficient (Wildman–Crippen LogP) is 3.39. The van der Waals surface area contributed by atoms with Crippen LogP contribution in [0.25, 0.3) is 0 Å². The molecule has 0 bridgehead atoms. The van der Waals surface area contributed by atoms with E-state index in [2.05, 4.69) is 5.32 Å². The molecule has 25 heavy (non-hydrogen) atoms. The molecule has 0 spiro atoms. The Morgan fingerprint density at radius 1 is 1.20 bits per heavy atom. The fourth-order valence-electron chi connectivity index (χ4n) is 2.94. The largest absolute Gasteiger partial charge is 0.492 e. The van der Waals surface area contributed by atoms with Gasteiger partial charge in [-0.2, -0.15) is 0 Å². The molecule has 0 unspecified atom stereocenters. The molecule has 5 nitrogen and oxygen atoms in total. The average Bonchev–Trinajstić information content (AvgIpc) is 2.99. The highest BCUT2D eigenvalue weighted by molar-refractivity contribution is 6.03. The van der Waals surface area contributed by atoms with E-state index < -0.39 is 0 Å². The maximum absolute atomic E-state index is 12.6. The summed E-state index contributed by atoms with van der Waals surface area (Å²) in [6.07, 6.45) is 0.219. The fraction of sp³-hybridized carbons (Fsp3) is 0.300. The monoisotopic (exact) mass is 338 g/mol. The normalized spacial score (nSPS) is 16.8. The van der Waals surface area contributed by atoms with E-state index in [4.69, 9.17) is 4.74 Å². The van der Waals surface area contributed by atoms with Crippen LogP contribution in [0.15, 0.2) is 48.5 Å². The summed E-state index contributed by atoms with van der Waals surface area (Å²) >= 11 is 0. The van der Waals surface area contributed by atoms with Gasteiger partial charge >= 0.3 is 0 Å². The highest BCUT2D eigenvalue weighted by Gasteiger charge is 2.35. The lowest BCUT2D eigenvalue weighted by Gasteiger charge is -2.17. The number of benzene rings is 2. The molecule has 0 radical (unpaired) electrons. The van der Waals surface area contributed by atoms with Gasteiger partial charge in [0.2, 0.25) is 11.8 Å². The van der Waals surface area contributed by atoms with E-state index in [9.17, 15) is 9.59 Å². The Hall–Kier alpha value is -2.82. The van der Waals surface area contributed by atoms with Gasteiger partial charge in [0.1, 0.15) is 5.75 Å². The molecule has 2 aromatic carbocycles. The van der Waals surface area contributed by atoms with Gasteiger partial charge in [0, 0.05) is 18.7 Å². The zero-order chi connectivity index (χ0) is 17.8. The summed E-state index contributed by atoms with van der Waals surface area (Å²) in [5.74, 6) is 0.0822. The third-order valence-electron chi connectivity index (χ3n) is 4.29. The third-order valence-corrected chi connectivity index (χ3v) is 4.29. The van der Waals surface area contributed by atoms with Crippen molar-refractivity contribution < 1.29 is 14.3 Å². The quantitative estimate of drug-likeness (QED) is 0.909. The van der Waals surface area contributed by atoms with Crippen molar-refractivity contribution in [3.05, 3.63) is 54.1 Å². The number of hydrogen-bond acceptors (Lipinski definition) is 3. The summed E-state index contributed by atoms with van der Waals surface area (Å²) < 4.78 is 5.53. The van der Waals surface area contributed by atoms with Crippen molar-refractivity contribution in [2.75, 3.05) is 23.4 Å². The van der Waals surface area contributed by atoms with Crippen LogP contribution >= 0.6 is 0 Å². The van der Waals surface area contributed by atoms with E-state index in [1.807, 2.05) is 56.3 Å². The number of carbonyl (C=O) groups is 2. The molecule has 2 amide bonds. The first-order chi connectivity index (χ1) is 12.1. The topological polar surface area (TPSA) is 58.6 Å². The Morgan fingerprint density at radius 3 is 2.64 bits per heavy atom. The summed E-state index contributed by atoms with van der Waals surface area (Å²) in [6.45, 7) is 4.82. The maximum atomic E-state index is 12.6. The molecule has 1 atom stereocenters. The Bertz CT molecular complexity index is 771. The van der Waals surface area contributed by atoms with Crippen molar-refractivity contribution in [2.24, 2.45) is 5.92 Å². The molecule has 1 fully saturated rings. The number of aryl methyl sites for hydroxylation is 1. The van der Waals surface area contributed by atoms with Crippen molar-refractivity contribution >= 4 is 23.2 Å². The highest BCUT2D eigenvalue weighted by Crippen LogP contribution is 2.28. The van der Waals surface area contributed by atoms with Crippen LogP contribution in [-0.2, 0) is 9.59 Å². The Morgan fingerprint density at radius 2 is 1.92 bits per heavy atom. The first kappa shape index (κ1) is 17.0. The van der Waals surface area contributed by atoms with Gasteiger partial charge in [-0.05, 0) is 38.1 Å². The summed E-state index contributed by atoms with van der Waals surface area (Å²) in [7, 11) is 0. The minimum absolute atomic E-state index is 0.0258. The molecule has 3 rings (SSSR count). The number of amides is 2. The molecule has 1 saturated heterocycles. The van der Waals surface area contributed by atoms with Gasteiger partial charge in [-0.1, -0.05) is 29.8 Å². The minimum atomic E-state index is -0.372. The number of ether oxygens (including phenoxy) is 1. The Labute approximate surface area is 147 Å². The molecule has 1 heterocycles. The van der Waals surface area contributed by atoms with E-state index in [-0.39, 0.29) is 24.2 Å². The summed E-state index contributed by atoms with van der Waals surface area (Å²) in [4.78, 5) is 26.6. The smallest absolute Gasteiger partial charge is 0.229 e. The van der Waals surface area contributed by atoms with Gasteiger partial charge in [-0.15, -0.1) is 0 Å². The number of carbonyl (C=O) groups excluding carboxylic acids is 2. The Kier molecular flexibility index (Phi) is 5.03. The first-order valence-electron chi connectivity index (χ1n) is 8.48. The summed E-state index contributed by atoms with van der Waals surface area (Å²) in [5, 5.41) is 2.90. The van der Waals surface area contributed by atoms with Gasteiger partial charge in [0.05, 0.1) is 18.2 Å². The summed E-state index contributed by atoms with van der Waals surface area (Å²) in [5.41, 5.74) is 2.61. The Balaban J connectivity index is 1.70. The number of para-hydroxylation sites is 2. The average molecular weight is 338 g/mol. The molecular weight excluding hydrogens is 316 g/mol. The minimum Gasteiger partial charge on any atom is -0.492 e. The van der Waals surface area contributed by atoms with Crippen LogP contribution in [0, 0.1) is 12.8 Å². The maximum Gasteiger partial charge on any atom is 0.229 e. The molecule has 1 aliphatic heterocycles. The van der Waals surface area contributed by atoms with Crippen LogP contribution < -0.4 is 15.0 Å². The number of nitrogens with zero attached hydrogens (tertiary/aromatic N) is 1. The van der Waals surface area contributed by atoms with Crippen LogP contribution in [0.2, 0.25) is 0 Å². The van der Waals surface area contributed by atoms with E-state index >= 15 is 0 Å². The molecule has 5 heteroatoms. The molecule has 0 aromatic heterocycles. The second-order valence-electron chi connectivity index (χ2n) is 6.16. The van der Waals surface area contributed by atoms with E-state index in [0.29, 0.717) is 24.6 Å². The lowest BCUT2D eigenvalue weighted by atomic mass is 10.1. The number of hydrogen-bond donors (Lipinski definition) is 1. The first-order valence-corrected chi connectivity index (χ1v) is 8.48. The number of rotatable bonds is 5. The summed E-state index contributed by atoms with van der Waals surface area (Å²) in [6, 6.07) is 15.1. The zero-order valence-electron chi connectivity index (χ0n) is 14.5. The van der Waals surface area contributed by atoms with Crippen molar-refractivity contribution in [1.82, 2.24) is 0 Å². The molecule has 2 aromatic rings. The second-order valence-corrected chi connectivity index (χ2v) is 6.16. The van der Waals surface area contributed by atoms with Crippen LogP contribution in [0.4, 0.5) is 11.4 Å². The van der Waals surface area contributed by atoms with Crippen LogP contribution in [0.5, 0.6) is 5.75 Å². The number of anilines is 2. The predicted molar refractivity (Wildman–Crippen MR) is 97.9 cm³/mol. The van der Waals surface area contributed by atoms with E-state index in [1.165, 1.54) is 0 Å². The fourth-order valence-corrected chi connectivity index (χ4v) is 2.94. The standard InChI is InChI=1S/C20H22N2O3/c1-3-25-18-7-5-4-6-17(18)21-20(24)15-12-19(23)22(13-15)16-10-8-14(2)9-11-16/h4-11,15H,3,12-13H2,1-2H3,(H,21,24)/t15-/m0/s1. The third kappa shape index (κ3) is 3.82. The lowest BCUT2D eigenvalue weighted by Crippen LogP contribution is -2.28. The van der Waals surface area contributed by atoms with Crippen molar-refractivity contribution in [3.63, 3.8) is 0 Å². The van der Waals surface area contributed by atoms with Crippen molar-refractivity contribution in [3.8, 4) is 5.75 Å². The van der Waals surface area contributed by atoms with Gasteiger partial charge < -0.3 is 15.0 Å². The van der Waals surface area contributed by atoms with Crippen LogP contribution in [-0.4, -0.2) is 25.0 Å². The SMILES string of the molecule is CCOc1ccccc1NC(=O)[C@H]1CC(=O)N(c2ccc(C)cc2)C1. The second kappa shape index (κ2) is 7.38. The molecule has 130 valence electrons. The van der Waals surface area contributed by atoms with Gasteiger partial charge in [-0.25, -0.2) is 0 Å². The molecule has 0 aliphatic carbocycles. The van der Waals surface area contributed by atoms with Gasteiger partial charge in [0.25, 0.3) is 0 Å². The van der Waals surface area contributed by atoms with Gasteiger partial charge in [0.15, 0.2) is 0 Å². The van der Waals surface area contributed by atoms with Crippen LogP contribution in [0.3, 0.4) is 0 Å². The van der Waals surface area contributed by atoms with Crippen LogP contribution in [0.1, 0.15) is 18.9 Å². The van der Waals surface area contributed by atoms with Crippen molar-refractivity contribution in [2.45, 2.75) is 20.3 Å². The zero-order valence-corrected chi connectivity index (χ0v) is 14.5. The molecule has 1 N–H and O–H groups in total.